The highest BCUT2D eigenvalue weighted by atomic mass is 16.6. The number of esters is 1. The Bertz CT molecular complexity index is 2620. The fourth-order valence-corrected chi connectivity index (χ4v) is 11.9. The number of urea groups is 1. The molecule has 1 aliphatic heterocycles. The first-order valence-corrected chi connectivity index (χ1v) is 32.0. The lowest BCUT2D eigenvalue weighted by Gasteiger charge is -2.41. The lowest BCUT2D eigenvalue weighted by atomic mass is 9.89. The van der Waals surface area contributed by atoms with Crippen LogP contribution in [0.1, 0.15) is 146 Å². The fraction of sp³-hybridized carbons (Fsp3) is 0.687. The van der Waals surface area contributed by atoms with Crippen LogP contribution in [0.5, 0.6) is 0 Å². The number of primary amides is 1. The van der Waals surface area contributed by atoms with Gasteiger partial charge in [-0.1, -0.05) is 111 Å². The molecule has 0 radical (unpaired) electrons. The molecule has 1 fully saturated rings. The molecule has 1 aliphatic rings. The first kappa shape index (κ1) is 77.4. The minimum atomic E-state index is -1.03. The second-order valence-electron chi connectivity index (χ2n) is 26.4. The molecule has 23 heteroatoms. The number of alkyl carbamates (subject to hydrolysis) is 1. The summed E-state index contributed by atoms with van der Waals surface area (Å²) in [5.74, 6) is -3.79. The molecule has 0 aromatic heterocycles. The van der Waals surface area contributed by atoms with E-state index in [4.69, 9.17) is 24.7 Å². The third-order valence-electron chi connectivity index (χ3n) is 16.7. The Kier molecular flexibility index (Phi) is 32.2. The number of rotatable bonds is 36. The number of methoxy groups -OCH3 is 3. The Morgan fingerprint density at radius 1 is 0.711 bits per heavy atom. The number of nitrogens with one attached hydrogen (secondary N) is 5. The van der Waals surface area contributed by atoms with Crippen molar-refractivity contribution in [2.45, 2.75) is 207 Å². The van der Waals surface area contributed by atoms with Gasteiger partial charge < -0.3 is 66.0 Å². The molecule has 3 rings (SSSR count). The number of carbonyl (C=O) groups is 9. The van der Waals surface area contributed by atoms with Crippen molar-refractivity contribution in [2.75, 3.05) is 67.0 Å². The Morgan fingerprint density at radius 3 is 1.86 bits per heavy atom. The summed E-state index contributed by atoms with van der Waals surface area (Å²) in [4.78, 5) is 130. The standard InChI is InChI=1S/C67H110N10O13/c1-19-44(8)57(54(87-16)40-55(78)77-35-24-28-53(77)58(88-17)45(9)59(79)72-52(64(84)89-18)39-47-25-21-20-22-26-47)76(15)63(83)51(38-42(4)5)71-61(81)56(43(6)7)74(13)36-33-46-29-31-48(32-30-46)75(14)62(82)49(27-23-34-69-65(68)85)70-60(80)50(37-41(2)3)73-66(86)90-67(10,11)12/h20-22,25-26,29-32,41-45,49-54,56-58H,19,23-24,27-28,33-40H2,1-18H3,(H,70,80)(H,71,81)(H,72,79)(H,73,86)(H3,68,69,85). The van der Waals surface area contributed by atoms with Gasteiger partial charge >= 0.3 is 18.1 Å². The summed E-state index contributed by atoms with van der Waals surface area (Å²) in [5.41, 5.74) is 6.82. The van der Waals surface area contributed by atoms with Gasteiger partial charge in [0.2, 0.25) is 35.4 Å². The van der Waals surface area contributed by atoms with Crippen LogP contribution < -0.4 is 37.2 Å². The quantitative estimate of drug-likeness (QED) is 0.0319. The van der Waals surface area contributed by atoms with Crippen LogP contribution in [0.25, 0.3) is 0 Å². The van der Waals surface area contributed by atoms with Gasteiger partial charge in [0.1, 0.15) is 29.8 Å². The Labute approximate surface area is 536 Å². The number of hydrogen-bond donors (Lipinski definition) is 6. The van der Waals surface area contributed by atoms with Crippen LogP contribution >= 0.6 is 0 Å². The summed E-state index contributed by atoms with van der Waals surface area (Å²) in [5, 5.41) is 14.0. The van der Waals surface area contributed by atoms with Crippen LogP contribution in [0, 0.1) is 29.6 Å². The van der Waals surface area contributed by atoms with E-state index in [0.29, 0.717) is 57.3 Å². The van der Waals surface area contributed by atoms with Crippen molar-refractivity contribution in [1.82, 2.24) is 41.3 Å². The minimum Gasteiger partial charge on any atom is -0.467 e. The molecule has 11 atom stereocenters. The summed E-state index contributed by atoms with van der Waals surface area (Å²) in [7, 11) is 9.51. The van der Waals surface area contributed by atoms with E-state index < -0.39 is 102 Å². The van der Waals surface area contributed by atoms with E-state index in [2.05, 4.69) is 26.6 Å². The molecule has 1 saturated heterocycles. The monoisotopic (exact) mass is 1260 g/mol. The highest BCUT2D eigenvalue weighted by Gasteiger charge is 2.44. The molecule has 0 aliphatic carbocycles. The van der Waals surface area contributed by atoms with E-state index >= 15 is 0 Å². The SMILES string of the molecule is CCC(C)C(C(CC(=O)N1CCCC1C(OC)C(C)C(=O)NC(Cc1ccccc1)C(=O)OC)OC)N(C)C(=O)C(CC(C)C)NC(=O)C(C(C)C)N(C)CCc1ccc(N(C)C(=O)C(CCCNC(N)=O)NC(=O)C(CC(C)C)NC(=O)OC(C)(C)C)cc1. The number of hydrogen-bond acceptors (Lipinski definition) is 14. The lowest BCUT2D eigenvalue weighted by molar-refractivity contribution is -0.148. The molecule has 7 N–H and O–H groups in total. The van der Waals surface area contributed by atoms with Crippen LogP contribution in [-0.2, 0) is 65.4 Å². The Morgan fingerprint density at radius 2 is 1.31 bits per heavy atom. The summed E-state index contributed by atoms with van der Waals surface area (Å²) in [6.45, 7) is 23.7. The van der Waals surface area contributed by atoms with Crippen LogP contribution in [-0.4, -0.2) is 190 Å². The van der Waals surface area contributed by atoms with Crippen molar-refractivity contribution in [2.24, 2.45) is 35.3 Å². The van der Waals surface area contributed by atoms with Gasteiger partial charge in [-0.2, -0.15) is 0 Å². The number of amides is 9. The van der Waals surface area contributed by atoms with E-state index in [9.17, 15) is 43.2 Å². The van der Waals surface area contributed by atoms with Crippen LogP contribution in [0.2, 0.25) is 0 Å². The van der Waals surface area contributed by atoms with Gasteiger partial charge in [-0.3, -0.25) is 33.7 Å². The lowest BCUT2D eigenvalue weighted by Crippen LogP contribution is -2.59. The molecule has 90 heavy (non-hydrogen) atoms. The highest BCUT2D eigenvalue weighted by molar-refractivity contribution is 5.99. The summed E-state index contributed by atoms with van der Waals surface area (Å²) in [6.07, 6.45) is 1.54. The maximum atomic E-state index is 15.0. The number of nitrogens with two attached hydrogens (primary N) is 1. The first-order valence-electron chi connectivity index (χ1n) is 32.0. The van der Waals surface area contributed by atoms with Gasteiger partial charge in [0.05, 0.1) is 49.8 Å². The number of carbonyl (C=O) groups excluding carboxylic acids is 9. The molecule has 0 bridgehead atoms. The van der Waals surface area contributed by atoms with Crippen molar-refractivity contribution in [3.05, 3.63) is 65.7 Å². The smallest absolute Gasteiger partial charge is 0.408 e. The van der Waals surface area contributed by atoms with Gasteiger partial charge in [-0.15, -0.1) is 0 Å². The second kappa shape index (κ2) is 37.5. The molecule has 506 valence electrons. The van der Waals surface area contributed by atoms with Gasteiger partial charge in [0.25, 0.3) is 0 Å². The predicted molar refractivity (Wildman–Crippen MR) is 348 cm³/mol. The molecule has 23 nitrogen and oxygen atoms in total. The molecule has 0 saturated carbocycles. The van der Waals surface area contributed by atoms with E-state index in [1.807, 2.05) is 110 Å². The van der Waals surface area contributed by atoms with E-state index in [1.165, 1.54) is 26.2 Å². The predicted octanol–water partition coefficient (Wildman–Crippen LogP) is 6.37. The number of nitrogens with zero attached hydrogens (tertiary/aromatic N) is 4. The van der Waals surface area contributed by atoms with E-state index in [-0.39, 0.29) is 73.6 Å². The molecule has 0 spiro atoms. The number of benzene rings is 2. The third kappa shape index (κ3) is 24.4. The van der Waals surface area contributed by atoms with Crippen molar-refractivity contribution in [3.8, 4) is 0 Å². The van der Waals surface area contributed by atoms with Crippen LogP contribution in [0.15, 0.2) is 54.6 Å². The number of ether oxygens (including phenoxy) is 4. The molecule has 2 aromatic rings. The van der Waals surface area contributed by atoms with Gasteiger partial charge in [0.15, 0.2) is 0 Å². The van der Waals surface area contributed by atoms with Crippen molar-refractivity contribution in [1.29, 1.82) is 0 Å². The first-order chi connectivity index (χ1) is 42.3. The zero-order valence-corrected chi connectivity index (χ0v) is 57.1. The Hall–Kier alpha value is -6.85. The number of likely N-dealkylation sites (N-methyl/N-ethyl adjacent to an activating group) is 3. The largest absolute Gasteiger partial charge is 0.467 e. The highest BCUT2D eigenvalue weighted by Crippen LogP contribution is 2.30. The summed E-state index contributed by atoms with van der Waals surface area (Å²) < 4.78 is 22.6. The topological polar surface area (TPSA) is 290 Å². The van der Waals surface area contributed by atoms with Gasteiger partial charge in [0, 0.05) is 60.1 Å². The molecule has 9 amide bonds. The second-order valence-corrected chi connectivity index (χ2v) is 26.4. The van der Waals surface area contributed by atoms with Crippen molar-refractivity contribution >= 4 is 59.2 Å². The normalized spacial score (nSPS) is 16.8. The van der Waals surface area contributed by atoms with Crippen molar-refractivity contribution < 1.29 is 62.1 Å². The maximum Gasteiger partial charge on any atom is 0.408 e. The van der Waals surface area contributed by atoms with E-state index in [1.54, 1.807) is 63.7 Å². The average Bonchev–Trinajstić information content (AvgIpc) is 2.80. The van der Waals surface area contributed by atoms with Crippen molar-refractivity contribution in [3.63, 3.8) is 0 Å². The average molecular weight is 1260 g/mol. The van der Waals surface area contributed by atoms with E-state index in [0.717, 1.165) is 11.1 Å². The molecule has 1 heterocycles. The van der Waals surface area contributed by atoms with Gasteiger partial charge in [-0.05, 0) is 120 Å². The summed E-state index contributed by atoms with van der Waals surface area (Å²) >= 11 is 0. The zero-order valence-electron chi connectivity index (χ0n) is 57.1. The third-order valence-corrected chi connectivity index (χ3v) is 16.7. The van der Waals surface area contributed by atoms with Gasteiger partial charge in [-0.25, -0.2) is 14.4 Å². The zero-order chi connectivity index (χ0) is 67.7. The molecular formula is C67H110N10O13. The Balaban J connectivity index is 1.78. The number of likely N-dealkylation sites (tertiary alicyclic amines) is 1. The maximum absolute atomic E-state index is 15.0. The molecule has 2 aromatic carbocycles. The number of anilines is 1. The van der Waals surface area contributed by atoms with Crippen LogP contribution in [0.4, 0.5) is 15.3 Å². The summed E-state index contributed by atoms with van der Waals surface area (Å²) in [6, 6.07) is 10.5. The van der Waals surface area contributed by atoms with Crippen LogP contribution in [0.3, 0.4) is 0 Å². The molecule has 11 unspecified atom stereocenters. The fourth-order valence-electron chi connectivity index (χ4n) is 11.9. The molecular weight excluding hydrogens is 1150 g/mol. The minimum absolute atomic E-state index is 0.0117.